The number of nitrogens with zero attached hydrogens (tertiary/aromatic N) is 3. The van der Waals surface area contributed by atoms with Gasteiger partial charge < -0.3 is 9.30 Å². The van der Waals surface area contributed by atoms with Crippen molar-refractivity contribution in [3.63, 3.8) is 0 Å². The maximum Gasteiger partial charge on any atom is 0.324 e. The molecule has 10 heteroatoms. The van der Waals surface area contributed by atoms with Gasteiger partial charge in [0.25, 0.3) is 0 Å². The van der Waals surface area contributed by atoms with E-state index in [-0.39, 0.29) is 28.9 Å². The van der Waals surface area contributed by atoms with Gasteiger partial charge in [-0.3, -0.25) is 9.52 Å². The molecule has 2 aromatic heterocycles. The largest absolute Gasteiger partial charge is 0.421 e. The molecule has 0 saturated heterocycles. The summed E-state index contributed by atoms with van der Waals surface area (Å²) in [5, 5.41) is 0. The topological polar surface area (TPSA) is 103 Å². The molecule has 3 rings (SSSR count). The number of para-hydroxylation sites is 1. The van der Waals surface area contributed by atoms with Gasteiger partial charge >= 0.3 is 6.01 Å². The molecular weight excluding hydrogens is 411 g/mol. The number of hydrogen-bond acceptors (Lipinski definition) is 6. The van der Waals surface area contributed by atoms with Gasteiger partial charge in [-0.25, -0.2) is 12.8 Å². The average Bonchev–Trinajstić information content (AvgIpc) is 2.66. The van der Waals surface area contributed by atoms with Crippen molar-refractivity contribution in [2.75, 3.05) is 10.5 Å². The van der Waals surface area contributed by atoms with Gasteiger partial charge in [0.15, 0.2) is 11.6 Å². The van der Waals surface area contributed by atoms with Crippen LogP contribution in [-0.4, -0.2) is 28.7 Å². The first kappa shape index (κ1) is 21.4. The van der Waals surface area contributed by atoms with Crippen LogP contribution < -0.4 is 15.0 Å². The van der Waals surface area contributed by atoms with Crippen molar-refractivity contribution in [2.24, 2.45) is 7.05 Å². The third kappa shape index (κ3) is 5.01. The number of sulfonamides is 1. The minimum absolute atomic E-state index is 0.0219. The number of rotatable bonds is 7. The van der Waals surface area contributed by atoms with Crippen molar-refractivity contribution in [1.29, 1.82) is 0 Å². The van der Waals surface area contributed by atoms with Crippen LogP contribution in [0.25, 0.3) is 11.3 Å². The van der Waals surface area contributed by atoms with E-state index in [0.29, 0.717) is 23.2 Å². The fourth-order valence-electron chi connectivity index (χ4n) is 2.73. The Hall–Kier alpha value is -3.27. The van der Waals surface area contributed by atoms with E-state index in [1.165, 1.54) is 22.8 Å². The van der Waals surface area contributed by atoms with E-state index in [0.717, 1.165) is 0 Å². The van der Waals surface area contributed by atoms with E-state index < -0.39 is 15.8 Å². The van der Waals surface area contributed by atoms with Crippen LogP contribution in [0.15, 0.2) is 47.4 Å². The monoisotopic (exact) mass is 432 g/mol. The number of nitrogens with one attached hydrogen (secondary N) is 1. The third-order valence-corrected chi connectivity index (χ3v) is 5.64. The Kier molecular flexibility index (Phi) is 6.16. The van der Waals surface area contributed by atoms with Crippen molar-refractivity contribution in [3.8, 4) is 23.0 Å². The second-order valence-corrected chi connectivity index (χ2v) is 8.54. The molecule has 0 aliphatic heterocycles. The second-order valence-electron chi connectivity index (χ2n) is 6.70. The molecule has 3 aromatic rings. The van der Waals surface area contributed by atoms with E-state index >= 15 is 0 Å². The predicted octanol–water partition coefficient (Wildman–Crippen LogP) is 3.23. The lowest BCUT2D eigenvalue weighted by molar-refractivity contribution is 0.409. The highest BCUT2D eigenvalue weighted by molar-refractivity contribution is 7.92. The Morgan fingerprint density at radius 3 is 2.63 bits per heavy atom. The first-order chi connectivity index (χ1) is 14.2. The summed E-state index contributed by atoms with van der Waals surface area (Å²) in [6, 6.07) is 8.55. The lowest BCUT2D eigenvalue weighted by Crippen LogP contribution is -2.17. The number of benzene rings is 1. The van der Waals surface area contributed by atoms with Crippen LogP contribution in [0.2, 0.25) is 0 Å². The molecule has 0 atom stereocenters. The molecule has 0 spiro atoms. The Morgan fingerprint density at radius 2 is 1.97 bits per heavy atom. The van der Waals surface area contributed by atoms with Gasteiger partial charge in [-0.05, 0) is 31.0 Å². The van der Waals surface area contributed by atoms with Crippen LogP contribution in [0.3, 0.4) is 0 Å². The average molecular weight is 432 g/mol. The molecule has 0 unspecified atom stereocenters. The van der Waals surface area contributed by atoms with Crippen LogP contribution in [0.4, 0.5) is 10.2 Å². The Labute approximate surface area is 173 Å². The number of aryl methyl sites for hydroxylation is 2. The number of halogens is 1. The summed E-state index contributed by atoms with van der Waals surface area (Å²) >= 11 is 0. The van der Waals surface area contributed by atoms with Gasteiger partial charge in [0.1, 0.15) is 5.82 Å². The van der Waals surface area contributed by atoms with E-state index in [1.807, 2.05) is 0 Å². The van der Waals surface area contributed by atoms with Crippen LogP contribution in [0.5, 0.6) is 11.8 Å². The zero-order valence-corrected chi connectivity index (χ0v) is 17.5. The number of hydrogen-bond donors (Lipinski definition) is 1. The summed E-state index contributed by atoms with van der Waals surface area (Å²) in [6.07, 6.45) is 1.97. The van der Waals surface area contributed by atoms with Crippen molar-refractivity contribution in [3.05, 3.63) is 64.3 Å². The number of pyridine rings is 1. The molecule has 0 fully saturated rings. The molecule has 0 aliphatic carbocycles. The standard InChI is InChI=1S/C20H21FN4O4S/c1-4-10-30(27,28)24-17-11-16(14-8-9-18(26)25(3)12-14)22-20(23-17)29-19-13(2)6-5-7-15(19)21/h5-9,11-12H,4,10H2,1-3H3,(H,22,23,24). The highest BCUT2D eigenvalue weighted by atomic mass is 32.2. The molecule has 1 N–H and O–H groups in total. The first-order valence-electron chi connectivity index (χ1n) is 9.18. The van der Waals surface area contributed by atoms with Crippen LogP contribution in [0, 0.1) is 12.7 Å². The summed E-state index contributed by atoms with van der Waals surface area (Å²) < 4.78 is 47.9. The second kappa shape index (κ2) is 8.62. The molecule has 0 radical (unpaired) electrons. The van der Waals surface area contributed by atoms with E-state index in [2.05, 4.69) is 14.7 Å². The fourth-order valence-corrected chi connectivity index (χ4v) is 3.80. The predicted molar refractivity (Wildman–Crippen MR) is 112 cm³/mol. The van der Waals surface area contributed by atoms with Crippen molar-refractivity contribution >= 4 is 15.8 Å². The normalized spacial score (nSPS) is 11.3. The summed E-state index contributed by atoms with van der Waals surface area (Å²) in [5.41, 5.74) is 1.15. The molecule has 0 bridgehead atoms. The lowest BCUT2D eigenvalue weighted by atomic mass is 10.2. The van der Waals surface area contributed by atoms with Crippen molar-refractivity contribution in [1.82, 2.24) is 14.5 Å². The number of ether oxygens (including phenoxy) is 1. The summed E-state index contributed by atoms with van der Waals surface area (Å²) in [7, 11) is -2.05. The molecule has 158 valence electrons. The van der Waals surface area contributed by atoms with Gasteiger partial charge in [-0.2, -0.15) is 9.97 Å². The van der Waals surface area contributed by atoms with Crippen molar-refractivity contribution < 1.29 is 17.5 Å². The van der Waals surface area contributed by atoms with Crippen LogP contribution in [-0.2, 0) is 17.1 Å². The van der Waals surface area contributed by atoms with Gasteiger partial charge in [0.05, 0.1) is 11.4 Å². The minimum Gasteiger partial charge on any atom is -0.421 e. The third-order valence-electron chi connectivity index (χ3n) is 4.18. The van der Waals surface area contributed by atoms with E-state index in [9.17, 15) is 17.6 Å². The van der Waals surface area contributed by atoms with Gasteiger partial charge in [-0.15, -0.1) is 0 Å². The maximum atomic E-state index is 14.2. The van der Waals surface area contributed by atoms with Crippen LogP contribution in [0.1, 0.15) is 18.9 Å². The molecule has 0 saturated carbocycles. The molecule has 30 heavy (non-hydrogen) atoms. The molecular formula is C20H21FN4O4S. The van der Waals surface area contributed by atoms with Crippen molar-refractivity contribution in [2.45, 2.75) is 20.3 Å². The minimum atomic E-state index is -3.63. The van der Waals surface area contributed by atoms with Gasteiger partial charge in [-0.1, -0.05) is 19.1 Å². The number of aromatic nitrogens is 3. The zero-order valence-electron chi connectivity index (χ0n) is 16.7. The molecule has 0 amide bonds. The highest BCUT2D eigenvalue weighted by Crippen LogP contribution is 2.29. The Balaban J connectivity index is 2.10. The van der Waals surface area contributed by atoms with Gasteiger partial charge in [0, 0.05) is 30.9 Å². The van der Waals surface area contributed by atoms with E-state index in [4.69, 9.17) is 4.74 Å². The molecule has 8 nitrogen and oxygen atoms in total. The molecule has 1 aromatic carbocycles. The highest BCUT2D eigenvalue weighted by Gasteiger charge is 2.16. The SMILES string of the molecule is CCCS(=O)(=O)Nc1cc(-c2ccc(=O)n(C)c2)nc(Oc2c(C)cccc2F)n1. The van der Waals surface area contributed by atoms with Crippen LogP contribution >= 0.6 is 0 Å². The summed E-state index contributed by atoms with van der Waals surface area (Å²) in [5.74, 6) is -0.766. The number of anilines is 1. The van der Waals surface area contributed by atoms with Gasteiger partial charge in [0.2, 0.25) is 15.6 Å². The quantitative estimate of drug-likeness (QED) is 0.615. The maximum absolute atomic E-state index is 14.2. The summed E-state index contributed by atoms with van der Waals surface area (Å²) in [4.78, 5) is 20.0. The fraction of sp³-hybridized carbons (Fsp3) is 0.250. The molecule has 0 aliphatic rings. The zero-order chi connectivity index (χ0) is 21.9. The molecule has 2 heterocycles. The first-order valence-corrected chi connectivity index (χ1v) is 10.8. The lowest BCUT2D eigenvalue weighted by Gasteiger charge is -2.12. The smallest absolute Gasteiger partial charge is 0.324 e. The Morgan fingerprint density at radius 1 is 1.20 bits per heavy atom. The van der Waals surface area contributed by atoms with E-state index in [1.54, 1.807) is 45.3 Å². The summed E-state index contributed by atoms with van der Waals surface area (Å²) in [6.45, 7) is 3.41. The Bertz CT molecular complexity index is 1220.